The zero-order valence-electron chi connectivity index (χ0n) is 15.4. The van der Waals surface area contributed by atoms with Crippen molar-refractivity contribution >= 4 is 23.5 Å². The van der Waals surface area contributed by atoms with Crippen molar-refractivity contribution in [1.29, 1.82) is 0 Å². The second-order valence-electron chi connectivity index (χ2n) is 7.08. The molecule has 0 aliphatic carbocycles. The van der Waals surface area contributed by atoms with Crippen LogP contribution in [0, 0.1) is 5.41 Å². The van der Waals surface area contributed by atoms with E-state index in [9.17, 15) is 9.59 Å². The number of carbonyl (C=O) groups is 2. The lowest BCUT2D eigenvalue weighted by Gasteiger charge is -2.50. The molecule has 2 fully saturated rings. The molecule has 3 heterocycles. The Bertz CT molecular complexity index is 685. The smallest absolute Gasteiger partial charge is 0.320 e. The van der Waals surface area contributed by atoms with E-state index < -0.39 is 5.41 Å². The Morgan fingerprint density at radius 2 is 2.12 bits per heavy atom. The van der Waals surface area contributed by atoms with Crippen molar-refractivity contribution in [2.24, 2.45) is 5.41 Å². The highest BCUT2D eigenvalue weighted by Gasteiger charge is 2.47. The predicted octanol–water partition coefficient (Wildman–Crippen LogP) is 2.45. The lowest BCUT2D eigenvalue weighted by Crippen LogP contribution is -2.62. The summed E-state index contributed by atoms with van der Waals surface area (Å²) >= 11 is 6.02. The maximum Gasteiger partial charge on any atom is 0.320 e. The maximum absolute atomic E-state index is 13.0. The molecule has 8 heteroatoms. The Labute approximate surface area is 159 Å². The normalized spacial score (nSPS) is 25.8. The van der Waals surface area contributed by atoms with Crippen molar-refractivity contribution in [3.8, 4) is 0 Å². The van der Waals surface area contributed by atoms with Gasteiger partial charge in [-0.3, -0.25) is 9.78 Å². The Hall–Kier alpha value is -1.89. The monoisotopic (exact) mass is 379 g/mol. The lowest BCUT2D eigenvalue weighted by atomic mass is 9.74. The first-order chi connectivity index (χ1) is 12.5. The molecule has 0 radical (unpaired) electrons. The van der Waals surface area contributed by atoms with Crippen LogP contribution in [0.1, 0.15) is 45.2 Å². The summed E-state index contributed by atoms with van der Waals surface area (Å²) in [7, 11) is 0. The second kappa shape index (κ2) is 7.78. The number of amides is 3. The summed E-state index contributed by atoms with van der Waals surface area (Å²) in [5, 5.41) is 3.26. The van der Waals surface area contributed by atoms with Crippen LogP contribution in [0.25, 0.3) is 0 Å². The molecule has 2 aliphatic heterocycles. The summed E-state index contributed by atoms with van der Waals surface area (Å²) in [6, 6.07) is 0.318. The van der Waals surface area contributed by atoms with E-state index in [1.54, 1.807) is 6.20 Å². The fourth-order valence-electron chi connectivity index (χ4n) is 3.99. The summed E-state index contributed by atoms with van der Waals surface area (Å²) in [6.07, 6.45) is 6.41. The zero-order chi connectivity index (χ0) is 18.7. The van der Waals surface area contributed by atoms with Gasteiger partial charge in [-0.1, -0.05) is 18.5 Å². The van der Waals surface area contributed by atoms with Crippen LogP contribution < -0.4 is 5.32 Å². The number of hydrogen-bond acceptors (Lipinski definition) is 4. The Morgan fingerprint density at radius 3 is 2.81 bits per heavy atom. The van der Waals surface area contributed by atoms with Gasteiger partial charge in [-0.15, -0.1) is 0 Å². The molecule has 1 N–H and O–H groups in total. The van der Waals surface area contributed by atoms with E-state index in [2.05, 4.69) is 15.3 Å². The van der Waals surface area contributed by atoms with Crippen molar-refractivity contribution in [2.75, 3.05) is 19.6 Å². The highest BCUT2D eigenvalue weighted by atomic mass is 35.5. The number of nitrogens with one attached hydrogen (secondary N) is 1. The van der Waals surface area contributed by atoms with E-state index in [1.165, 1.54) is 6.20 Å². The molecule has 1 aromatic heterocycles. The predicted molar refractivity (Wildman–Crippen MR) is 98.6 cm³/mol. The molecule has 0 aromatic carbocycles. The number of carbonyl (C=O) groups excluding carboxylic acids is 2. The maximum atomic E-state index is 13.0. The minimum Gasteiger partial charge on any atom is -0.350 e. The zero-order valence-corrected chi connectivity index (χ0v) is 16.1. The van der Waals surface area contributed by atoms with Gasteiger partial charge in [0.25, 0.3) is 0 Å². The third-order valence-electron chi connectivity index (χ3n) is 5.80. The van der Waals surface area contributed by atoms with Crippen molar-refractivity contribution < 1.29 is 9.59 Å². The Morgan fingerprint density at radius 1 is 1.35 bits per heavy atom. The van der Waals surface area contributed by atoms with Crippen molar-refractivity contribution in [3.05, 3.63) is 23.2 Å². The molecule has 142 valence electrons. The van der Waals surface area contributed by atoms with Crippen LogP contribution in [0.3, 0.4) is 0 Å². The minimum absolute atomic E-state index is 0.0402. The highest BCUT2D eigenvalue weighted by molar-refractivity contribution is 6.29. The van der Waals surface area contributed by atoms with Gasteiger partial charge in [-0.25, -0.2) is 9.78 Å². The topological polar surface area (TPSA) is 78.4 Å². The van der Waals surface area contributed by atoms with Gasteiger partial charge in [0, 0.05) is 38.1 Å². The number of fused-ring (bicyclic) bond motifs is 1. The first kappa shape index (κ1) is 18.9. The SMILES string of the molecule is CCN1CCC2CCC(CC)(C(=O)NCc3nccnc3Cl)CN2C1=O. The molecule has 0 bridgehead atoms. The summed E-state index contributed by atoms with van der Waals surface area (Å²) in [5.74, 6) is -0.0402. The van der Waals surface area contributed by atoms with Gasteiger partial charge < -0.3 is 15.1 Å². The van der Waals surface area contributed by atoms with E-state index in [0.717, 1.165) is 25.8 Å². The van der Waals surface area contributed by atoms with E-state index in [4.69, 9.17) is 11.6 Å². The molecule has 0 spiro atoms. The molecule has 3 amide bonds. The van der Waals surface area contributed by atoms with E-state index >= 15 is 0 Å². The number of urea groups is 1. The fraction of sp³-hybridized carbons (Fsp3) is 0.667. The number of nitrogens with zero attached hydrogens (tertiary/aromatic N) is 4. The summed E-state index contributed by atoms with van der Waals surface area (Å²) in [6.45, 7) is 6.24. The summed E-state index contributed by atoms with van der Waals surface area (Å²) in [5.41, 5.74) is -0.00825. The number of piperidine rings is 1. The van der Waals surface area contributed by atoms with Crippen LogP contribution in [0.2, 0.25) is 5.15 Å². The van der Waals surface area contributed by atoms with Crippen LogP contribution in [0.4, 0.5) is 4.79 Å². The Balaban J connectivity index is 1.71. The van der Waals surface area contributed by atoms with Crippen LogP contribution >= 0.6 is 11.6 Å². The van der Waals surface area contributed by atoms with Crippen molar-refractivity contribution in [2.45, 2.75) is 52.1 Å². The summed E-state index contributed by atoms with van der Waals surface area (Å²) in [4.78, 5) is 37.7. The molecule has 1 aromatic rings. The number of halogens is 1. The van der Waals surface area contributed by atoms with Crippen LogP contribution in [0.5, 0.6) is 0 Å². The molecule has 26 heavy (non-hydrogen) atoms. The van der Waals surface area contributed by atoms with Gasteiger partial charge in [-0.05, 0) is 32.6 Å². The third kappa shape index (κ3) is 3.49. The lowest BCUT2D eigenvalue weighted by molar-refractivity contribution is -0.135. The van der Waals surface area contributed by atoms with Gasteiger partial charge in [0.2, 0.25) is 5.91 Å². The average molecular weight is 380 g/mol. The molecule has 2 aliphatic rings. The molecule has 2 atom stereocenters. The third-order valence-corrected chi connectivity index (χ3v) is 6.11. The highest BCUT2D eigenvalue weighted by Crippen LogP contribution is 2.39. The molecule has 7 nitrogen and oxygen atoms in total. The quantitative estimate of drug-likeness (QED) is 0.852. The first-order valence-corrected chi connectivity index (χ1v) is 9.67. The molecular weight excluding hydrogens is 354 g/mol. The standard InChI is InChI=1S/C18H26ClN5O2/c1-3-18(16(25)22-11-14-15(19)21-9-8-20-14)7-5-13-6-10-23(4-2)17(26)24(13)12-18/h8-9,13H,3-7,10-12H2,1-2H3,(H,22,25). The molecular formula is C18H26ClN5O2. The van der Waals surface area contributed by atoms with Crippen molar-refractivity contribution in [3.63, 3.8) is 0 Å². The van der Waals surface area contributed by atoms with Gasteiger partial charge in [-0.2, -0.15) is 0 Å². The Kier molecular flexibility index (Phi) is 5.65. The molecule has 2 unspecified atom stereocenters. The molecule has 2 saturated heterocycles. The largest absolute Gasteiger partial charge is 0.350 e. The fourth-order valence-corrected chi connectivity index (χ4v) is 4.16. The first-order valence-electron chi connectivity index (χ1n) is 9.30. The second-order valence-corrected chi connectivity index (χ2v) is 7.44. The van der Waals surface area contributed by atoms with Gasteiger partial charge in [0.1, 0.15) is 0 Å². The van der Waals surface area contributed by atoms with E-state index in [-0.39, 0.29) is 24.5 Å². The average Bonchev–Trinajstić information content (AvgIpc) is 2.67. The number of rotatable bonds is 5. The van der Waals surface area contributed by atoms with Gasteiger partial charge in [0.05, 0.1) is 17.7 Å². The van der Waals surface area contributed by atoms with E-state index in [1.807, 2.05) is 23.6 Å². The van der Waals surface area contributed by atoms with Crippen LogP contribution in [-0.4, -0.2) is 57.4 Å². The van der Waals surface area contributed by atoms with Crippen LogP contribution in [0.15, 0.2) is 12.4 Å². The molecule has 3 rings (SSSR count). The number of hydrogen-bond donors (Lipinski definition) is 1. The minimum atomic E-state index is -0.558. The molecule has 0 saturated carbocycles. The van der Waals surface area contributed by atoms with Gasteiger partial charge >= 0.3 is 6.03 Å². The van der Waals surface area contributed by atoms with E-state index in [0.29, 0.717) is 30.4 Å². The van der Waals surface area contributed by atoms with Gasteiger partial charge in [0.15, 0.2) is 5.15 Å². The summed E-state index contributed by atoms with van der Waals surface area (Å²) < 4.78 is 0. The van der Waals surface area contributed by atoms with Crippen molar-refractivity contribution in [1.82, 2.24) is 25.1 Å². The van der Waals surface area contributed by atoms with Crippen LogP contribution in [-0.2, 0) is 11.3 Å². The number of aromatic nitrogens is 2.